The molecule has 14 heavy (non-hydrogen) atoms. The SMILES string of the molecule is COC(C)(C)OC[C@H]1O[C@@H]1CC(C)C. The maximum Gasteiger partial charge on any atom is 0.162 e. The highest BCUT2D eigenvalue weighted by Gasteiger charge is 2.40. The molecule has 0 radical (unpaired) electrons. The van der Waals surface area contributed by atoms with Crippen LogP contribution >= 0.6 is 0 Å². The molecule has 0 aliphatic carbocycles. The molecule has 3 heteroatoms. The number of rotatable bonds is 6. The average molecular weight is 202 g/mol. The minimum atomic E-state index is -0.492. The Balaban J connectivity index is 2.11. The second kappa shape index (κ2) is 4.60. The normalized spacial score (nSPS) is 27.0. The van der Waals surface area contributed by atoms with E-state index in [1.54, 1.807) is 7.11 Å². The number of ether oxygens (including phenoxy) is 3. The van der Waals surface area contributed by atoms with Gasteiger partial charge in [0, 0.05) is 7.11 Å². The zero-order chi connectivity index (χ0) is 10.8. The van der Waals surface area contributed by atoms with Gasteiger partial charge in [-0.1, -0.05) is 13.8 Å². The molecule has 0 unspecified atom stereocenters. The van der Waals surface area contributed by atoms with Gasteiger partial charge in [-0.2, -0.15) is 0 Å². The summed E-state index contributed by atoms with van der Waals surface area (Å²) >= 11 is 0. The van der Waals surface area contributed by atoms with Crippen LogP contribution in [0.25, 0.3) is 0 Å². The topological polar surface area (TPSA) is 31.0 Å². The second-order valence-electron chi connectivity index (χ2n) is 4.76. The highest BCUT2D eigenvalue weighted by atomic mass is 16.7. The van der Waals surface area contributed by atoms with Crippen molar-refractivity contribution in [2.45, 2.75) is 52.1 Å². The third-order valence-electron chi connectivity index (χ3n) is 2.48. The Morgan fingerprint density at radius 3 is 2.43 bits per heavy atom. The van der Waals surface area contributed by atoms with Crippen molar-refractivity contribution in [2.75, 3.05) is 13.7 Å². The fourth-order valence-corrected chi connectivity index (χ4v) is 1.34. The van der Waals surface area contributed by atoms with Gasteiger partial charge in [0.05, 0.1) is 12.7 Å². The Hall–Kier alpha value is -0.120. The van der Waals surface area contributed by atoms with Crippen molar-refractivity contribution in [3.63, 3.8) is 0 Å². The largest absolute Gasteiger partial charge is 0.367 e. The van der Waals surface area contributed by atoms with E-state index < -0.39 is 5.79 Å². The molecule has 84 valence electrons. The molecule has 2 atom stereocenters. The molecule has 0 aromatic rings. The molecule has 1 rings (SSSR count). The smallest absolute Gasteiger partial charge is 0.162 e. The van der Waals surface area contributed by atoms with Crippen LogP contribution < -0.4 is 0 Å². The van der Waals surface area contributed by atoms with Gasteiger partial charge in [0.15, 0.2) is 5.79 Å². The first kappa shape index (κ1) is 12.0. The van der Waals surface area contributed by atoms with Crippen molar-refractivity contribution in [3.8, 4) is 0 Å². The molecule has 0 spiro atoms. The van der Waals surface area contributed by atoms with Crippen molar-refractivity contribution in [1.29, 1.82) is 0 Å². The summed E-state index contributed by atoms with van der Waals surface area (Å²) in [6, 6.07) is 0. The minimum absolute atomic E-state index is 0.284. The molecule has 3 nitrogen and oxygen atoms in total. The van der Waals surface area contributed by atoms with Gasteiger partial charge in [0.2, 0.25) is 0 Å². The van der Waals surface area contributed by atoms with Gasteiger partial charge in [0.1, 0.15) is 6.10 Å². The summed E-state index contributed by atoms with van der Waals surface area (Å²) in [7, 11) is 1.65. The molecule has 0 aromatic carbocycles. The fraction of sp³-hybridized carbons (Fsp3) is 1.00. The molecule has 0 bridgehead atoms. The zero-order valence-corrected chi connectivity index (χ0v) is 9.87. The number of epoxide rings is 1. The van der Waals surface area contributed by atoms with Gasteiger partial charge in [-0.05, 0) is 26.2 Å². The van der Waals surface area contributed by atoms with Crippen LogP contribution in [0.3, 0.4) is 0 Å². The number of hydrogen-bond donors (Lipinski definition) is 0. The molecular weight excluding hydrogens is 180 g/mol. The molecular formula is C11H22O3. The molecule has 1 saturated heterocycles. The standard InChI is InChI=1S/C11H22O3/c1-8(2)6-9-10(14-9)7-13-11(3,4)12-5/h8-10H,6-7H2,1-5H3/t9-,10-/m1/s1. The van der Waals surface area contributed by atoms with Crippen molar-refractivity contribution in [1.82, 2.24) is 0 Å². The van der Waals surface area contributed by atoms with Crippen LogP contribution in [-0.4, -0.2) is 31.7 Å². The van der Waals surface area contributed by atoms with Crippen LogP contribution in [0.1, 0.15) is 34.1 Å². The van der Waals surface area contributed by atoms with E-state index in [9.17, 15) is 0 Å². The highest BCUT2D eigenvalue weighted by molar-refractivity contribution is 4.85. The fourth-order valence-electron chi connectivity index (χ4n) is 1.34. The van der Waals surface area contributed by atoms with Crippen LogP contribution in [0.2, 0.25) is 0 Å². The van der Waals surface area contributed by atoms with E-state index in [0.717, 1.165) is 6.42 Å². The molecule has 0 N–H and O–H groups in total. The Labute approximate surface area is 86.7 Å². The van der Waals surface area contributed by atoms with Crippen molar-refractivity contribution >= 4 is 0 Å². The van der Waals surface area contributed by atoms with E-state index >= 15 is 0 Å². The Morgan fingerprint density at radius 2 is 1.93 bits per heavy atom. The summed E-state index contributed by atoms with van der Waals surface area (Å²) in [6.07, 6.45) is 1.82. The lowest BCUT2D eigenvalue weighted by Crippen LogP contribution is -2.28. The summed E-state index contributed by atoms with van der Waals surface area (Å²) in [6.45, 7) is 8.87. The predicted octanol–water partition coefficient (Wildman–Crippen LogP) is 2.20. The van der Waals surface area contributed by atoms with Crippen LogP contribution in [0, 0.1) is 5.92 Å². The maximum absolute atomic E-state index is 5.57. The van der Waals surface area contributed by atoms with Crippen molar-refractivity contribution in [3.05, 3.63) is 0 Å². The molecule has 1 aliphatic heterocycles. The first-order valence-electron chi connectivity index (χ1n) is 5.29. The monoisotopic (exact) mass is 202 g/mol. The van der Waals surface area contributed by atoms with Gasteiger partial charge >= 0.3 is 0 Å². The van der Waals surface area contributed by atoms with E-state index in [4.69, 9.17) is 14.2 Å². The van der Waals surface area contributed by atoms with Gasteiger partial charge in [0.25, 0.3) is 0 Å². The van der Waals surface area contributed by atoms with Crippen LogP contribution in [0.5, 0.6) is 0 Å². The maximum atomic E-state index is 5.57. The zero-order valence-electron chi connectivity index (χ0n) is 9.87. The van der Waals surface area contributed by atoms with Gasteiger partial charge in [-0.3, -0.25) is 0 Å². The third kappa shape index (κ3) is 3.95. The summed E-state index contributed by atoms with van der Waals surface area (Å²) in [5.74, 6) is 0.203. The molecule has 1 fully saturated rings. The van der Waals surface area contributed by atoms with E-state index in [1.807, 2.05) is 13.8 Å². The third-order valence-corrected chi connectivity index (χ3v) is 2.48. The Morgan fingerprint density at radius 1 is 1.29 bits per heavy atom. The molecule has 1 heterocycles. The summed E-state index contributed by atoms with van der Waals surface area (Å²) < 4.78 is 16.2. The van der Waals surface area contributed by atoms with E-state index in [1.165, 1.54) is 0 Å². The van der Waals surface area contributed by atoms with E-state index in [0.29, 0.717) is 18.6 Å². The van der Waals surface area contributed by atoms with Gasteiger partial charge < -0.3 is 14.2 Å². The van der Waals surface area contributed by atoms with E-state index in [2.05, 4.69) is 13.8 Å². The van der Waals surface area contributed by atoms with Crippen LogP contribution in [-0.2, 0) is 14.2 Å². The van der Waals surface area contributed by atoms with Crippen molar-refractivity contribution < 1.29 is 14.2 Å². The van der Waals surface area contributed by atoms with Crippen molar-refractivity contribution in [2.24, 2.45) is 5.92 Å². The molecule has 1 aliphatic rings. The predicted molar refractivity (Wildman–Crippen MR) is 55.2 cm³/mol. The quantitative estimate of drug-likeness (QED) is 0.488. The minimum Gasteiger partial charge on any atom is -0.367 e. The molecule has 0 aromatic heterocycles. The van der Waals surface area contributed by atoms with E-state index in [-0.39, 0.29) is 6.10 Å². The number of hydrogen-bond acceptors (Lipinski definition) is 3. The van der Waals surface area contributed by atoms with Crippen LogP contribution in [0.15, 0.2) is 0 Å². The van der Waals surface area contributed by atoms with Gasteiger partial charge in [-0.15, -0.1) is 0 Å². The first-order chi connectivity index (χ1) is 6.44. The van der Waals surface area contributed by atoms with Gasteiger partial charge in [-0.25, -0.2) is 0 Å². The van der Waals surface area contributed by atoms with Crippen LogP contribution in [0.4, 0.5) is 0 Å². The highest BCUT2D eigenvalue weighted by Crippen LogP contribution is 2.29. The Kier molecular flexibility index (Phi) is 3.93. The second-order valence-corrected chi connectivity index (χ2v) is 4.76. The lowest BCUT2D eigenvalue weighted by atomic mass is 10.1. The average Bonchev–Trinajstić information content (AvgIpc) is 2.79. The number of methoxy groups -OCH3 is 1. The molecule has 0 amide bonds. The summed E-state index contributed by atoms with van der Waals surface area (Å²) in [5.41, 5.74) is 0. The first-order valence-corrected chi connectivity index (χ1v) is 5.29. The lowest BCUT2D eigenvalue weighted by Gasteiger charge is -2.22. The summed E-state index contributed by atoms with van der Waals surface area (Å²) in [5, 5.41) is 0. The Bertz CT molecular complexity index is 177. The summed E-state index contributed by atoms with van der Waals surface area (Å²) in [4.78, 5) is 0. The lowest BCUT2D eigenvalue weighted by molar-refractivity contribution is -0.199. The molecule has 0 saturated carbocycles.